The summed E-state index contributed by atoms with van der Waals surface area (Å²) in [4.78, 5) is 12.2. The minimum atomic E-state index is -3.21. The van der Waals surface area contributed by atoms with Crippen molar-refractivity contribution in [2.24, 2.45) is 5.92 Å². The second-order valence-corrected chi connectivity index (χ2v) is 8.65. The van der Waals surface area contributed by atoms with Crippen LogP contribution >= 0.6 is 11.6 Å². The fourth-order valence-corrected chi connectivity index (χ4v) is 3.82. The van der Waals surface area contributed by atoms with Crippen molar-refractivity contribution in [1.82, 2.24) is 9.46 Å². The summed E-state index contributed by atoms with van der Waals surface area (Å²) in [5, 5.41) is 4.53. The number of carbonyl (C=O) groups is 1. The van der Waals surface area contributed by atoms with Gasteiger partial charge in [0.05, 0.1) is 12.2 Å². The number of nitrogens with zero attached hydrogens (tertiary/aromatic N) is 2. The van der Waals surface area contributed by atoms with Crippen LogP contribution in [0.1, 0.15) is 18.5 Å². The highest BCUT2D eigenvalue weighted by molar-refractivity contribution is 7.88. The van der Waals surface area contributed by atoms with Crippen molar-refractivity contribution in [3.63, 3.8) is 0 Å². The smallest absolute Gasteiger partial charge is 0.309 e. The number of aromatic nitrogens is 1. The van der Waals surface area contributed by atoms with Crippen molar-refractivity contribution in [2.45, 2.75) is 19.4 Å². The Balaban J connectivity index is 1.52. The summed E-state index contributed by atoms with van der Waals surface area (Å²) in [6, 6.07) is 8.84. The second-order valence-electron chi connectivity index (χ2n) is 6.23. The molecular weight excluding hydrogens is 380 g/mol. The minimum Gasteiger partial charge on any atom is -0.459 e. The predicted molar refractivity (Wildman–Crippen MR) is 95.9 cm³/mol. The van der Waals surface area contributed by atoms with Gasteiger partial charge in [-0.05, 0) is 37.1 Å². The zero-order chi connectivity index (χ0) is 18.7. The van der Waals surface area contributed by atoms with Crippen LogP contribution in [0.4, 0.5) is 0 Å². The zero-order valence-electron chi connectivity index (χ0n) is 14.2. The molecular formula is C17H19ClN2O5S. The van der Waals surface area contributed by atoms with Gasteiger partial charge in [0.15, 0.2) is 5.76 Å². The van der Waals surface area contributed by atoms with Crippen molar-refractivity contribution in [1.29, 1.82) is 0 Å². The number of benzene rings is 1. The van der Waals surface area contributed by atoms with E-state index >= 15 is 0 Å². The van der Waals surface area contributed by atoms with Crippen LogP contribution in [-0.4, -0.2) is 43.2 Å². The van der Waals surface area contributed by atoms with Gasteiger partial charge in [-0.1, -0.05) is 16.8 Å². The summed E-state index contributed by atoms with van der Waals surface area (Å²) in [6.45, 7) is 0.689. The van der Waals surface area contributed by atoms with Crippen LogP contribution in [0.15, 0.2) is 34.9 Å². The average Bonchev–Trinajstić information content (AvgIpc) is 3.08. The van der Waals surface area contributed by atoms with E-state index in [0.29, 0.717) is 42.4 Å². The highest BCUT2D eigenvalue weighted by atomic mass is 35.5. The molecule has 1 saturated heterocycles. The number of hydrogen-bond acceptors (Lipinski definition) is 6. The van der Waals surface area contributed by atoms with E-state index in [2.05, 4.69) is 5.16 Å². The third-order valence-corrected chi connectivity index (χ3v) is 5.86. The van der Waals surface area contributed by atoms with E-state index in [4.69, 9.17) is 20.9 Å². The Hall–Kier alpha value is -1.90. The van der Waals surface area contributed by atoms with Gasteiger partial charge >= 0.3 is 5.97 Å². The first-order chi connectivity index (χ1) is 12.3. The van der Waals surface area contributed by atoms with Gasteiger partial charge in [0.25, 0.3) is 0 Å². The van der Waals surface area contributed by atoms with Gasteiger partial charge in [-0.15, -0.1) is 0 Å². The Labute approximate surface area is 156 Å². The normalized spacial score (nSPS) is 16.5. The zero-order valence-corrected chi connectivity index (χ0v) is 15.8. The molecule has 0 radical (unpaired) electrons. The average molecular weight is 399 g/mol. The molecule has 0 N–H and O–H groups in total. The first kappa shape index (κ1) is 18.9. The molecule has 0 unspecified atom stereocenters. The second kappa shape index (κ2) is 7.77. The monoisotopic (exact) mass is 398 g/mol. The van der Waals surface area contributed by atoms with E-state index in [-0.39, 0.29) is 18.5 Å². The van der Waals surface area contributed by atoms with Crippen molar-refractivity contribution in [3.8, 4) is 11.3 Å². The maximum Gasteiger partial charge on any atom is 0.309 e. The van der Waals surface area contributed by atoms with E-state index in [1.165, 1.54) is 10.6 Å². The summed E-state index contributed by atoms with van der Waals surface area (Å²) in [7, 11) is -3.21. The molecule has 3 rings (SSSR count). The molecule has 1 aromatic carbocycles. The molecule has 1 aromatic heterocycles. The van der Waals surface area contributed by atoms with Crippen molar-refractivity contribution in [2.75, 3.05) is 19.3 Å². The topological polar surface area (TPSA) is 89.7 Å². The van der Waals surface area contributed by atoms with Crippen LogP contribution in [0.2, 0.25) is 5.02 Å². The van der Waals surface area contributed by atoms with Crippen molar-refractivity contribution < 1.29 is 22.5 Å². The maximum atomic E-state index is 12.2. The number of halogens is 1. The summed E-state index contributed by atoms with van der Waals surface area (Å²) < 4.78 is 34.9. The van der Waals surface area contributed by atoms with Crippen LogP contribution in [0.25, 0.3) is 11.3 Å². The number of hydrogen-bond donors (Lipinski definition) is 0. The summed E-state index contributed by atoms with van der Waals surface area (Å²) in [5.74, 6) is -0.0704. The van der Waals surface area contributed by atoms with Crippen LogP contribution in [0, 0.1) is 5.92 Å². The third-order valence-electron chi connectivity index (χ3n) is 4.31. The van der Waals surface area contributed by atoms with E-state index in [1.54, 1.807) is 18.2 Å². The van der Waals surface area contributed by atoms with E-state index in [0.717, 1.165) is 5.56 Å². The number of ether oxygens (including phenoxy) is 1. The molecule has 2 heterocycles. The van der Waals surface area contributed by atoms with Gasteiger partial charge in [-0.2, -0.15) is 0 Å². The van der Waals surface area contributed by atoms with Gasteiger partial charge in [-0.25, -0.2) is 12.7 Å². The molecule has 7 nitrogen and oxygen atoms in total. The van der Waals surface area contributed by atoms with Gasteiger partial charge < -0.3 is 9.26 Å². The lowest BCUT2D eigenvalue weighted by atomic mass is 9.98. The molecule has 1 fully saturated rings. The standard InChI is InChI=1S/C17H19ClN2O5S/c1-26(22,23)20-8-6-13(7-9-20)17(21)24-11-15-10-16(25-19-15)12-2-4-14(18)5-3-12/h2-5,10,13H,6-9,11H2,1H3. The van der Waals surface area contributed by atoms with E-state index < -0.39 is 10.0 Å². The summed E-state index contributed by atoms with van der Waals surface area (Å²) >= 11 is 5.86. The highest BCUT2D eigenvalue weighted by Crippen LogP contribution is 2.24. The molecule has 26 heavy (non-hydrogen) atoms. The van der Waals surface area contributed by atoms with Gasteiger partial charge in [-0.3, -0.25) is 4.79 Å². The first-order valence-electron chi connectivity index (χ1n) is 8.16. The molecule has 1 aliphatic rings. The number of sulfonamides is 1. The number of rotatable bonds is 5. The number of piperidine rings is 1. The number of carbonyl (C=O) groups excluding carboxylic acids is 1. The van der Waals surface area contributed by atoms with Crippen LogP contribution in [-0.2, 0) is 26.2 Å². The quantitative estimate of drug-likeness (QED) is 0.719. The predicted octanol–water partition coefficient (Wildman–Crippen LogP) is 2.71. The minimum absolute atomic E-state index is 0.0161. The van der Waals surface area contributed by atoms with Crippen molar-refractivity contribution >= 4 is 27.6 Å². The molecule has 0 amide bonds. The Morgan fingerprint density at radius 3 is 2.58 bits per heavy atom. The third kappa shape index (κ3) is 4.63. The highest BCUT2D eigenvalue weighted by Gasteiger charge is 2.30. The van der Waals surface area contributed by atoms with Crippen LogP contribution in [0.5, 0.6) is 0 Å². The Morgan fingerprint density at radius 1 is 1.31 bits per heavy atom. The number of esters is 1. The lowest BCUT2D eigenvalue weighted by Gasteiger charge is -2.28. The molecule has 9 heteroatoms. The molecule has 1 aliphatic heterocycles. The molecule has 0 aliphatic carbocycles. The summed E-state index contributed by atoms with van der Waals surface area (Å²) in [6.07, 6.45) is 2.09. The van der Waals surface area contributed by atoms with Crippen LogP contribution in [0.3, 0.4) is 0 Å². The van der Waals surface area contributed by atoms with E-state index in [1.807, 2.05) is 12.1 Å². The molecule has 2 aromatic rings. The van der Waals surface area contributed by atoms with Crippen molar-refractivity contribution in [3.05, 3.63) is 41.0 Å². The summed E-state index contributed by atoms with van der Waals surface area (Å²) in [5.41, 5.74) is 1.34. The molecule has 140 valence electrons. The fraction of sp³-hybridized carbons (Fsp3) is 0.412. The Kier molecular flexibility index (Phi) is 5.64. The van der Waals surface area contributed by atoms with Gasteiger partial charge in [0.1, 0.15) is 12.3 Å². The SMILES string of the molecule is CS(=O)(=O)N1CCC(C(=O)OCc2cc(-c3ccc(Cl)cc3)on2)CC1. The van der Waals surface area contributed by atoms with E-state index in [9.17, 15) is 13.2 Å². The largest absolute Gasteiger partial charge is 0.459 e. The maximum absolute atomic E-state index is 12.2. The fourth-order valence-electron chi connectivity index (χ4n) is 2.82. The lowest BCUT2D eigenvalue weighted by Crippen LogP contribution is -2.40. The van der Waals surface area contributed by atoms with Gasteiger partial charge in [0, 0.05) is 29.7 Å². The van der Waals surface area contributed by atoms with Crippen LogP contribution < -0.4 is 0 Å². The van der Waals surface area contributed by atoms with Gasteiger partial charge in [0.2, 0.25) is 10.0 Å². The Morgan fingerprint density at radius 2 is 1.96 bits per heavy atom. The molecule has 0 bridgehead atoms. The molecule has 0 spiro atoms. The first-order valence-corrected chi connectivity index (χ1v) is 10.4. The lowest BCUT2D eigenvalue weighted by molar-refractivity contribution is -0.151. The Bertz CT molecular complexity index is 871. The molecule has 0 atom stereocenters. The molecule has 0 saturated carbocycles.